The predicted octanol–water partition coefficient (Wildman–Crippen LogP) is -0.732. The summed E-state index contributed by atoms with van der Waals surface area (Å²) in [5.74, 6) is 0.280. The van der Waals surface area contributed by atoms with Gasteiger partial charge in [-0.25, -0.2) is 4.79 Å². The summed E-state index contributed by atoms with van der Waals surface area (Å²) in [5, 5.41) is 0. The minimum atomic E-state index is -0.271. The Labute approximate surface area is 65.3 Å². The summed E-state index contributed by atoms with van der Waals surface area (Å²) < 4.78 is 1.54. The van der Waals surface area contributed by atoms with Crippen LogP contribution in [-0.2, 0) is 6.44 Å². The molecule has 0 aromatic carbocycles. The molecule has 0 bridgehead atoms. The van der Waals surface area contributed by atoms with Crippen LogP contribution < -0.4 is 11.4 Å². The van der Waals surface area contributed by atoms with E-state index in [-0.39, 0.29) is 11.5 Å². The molecule has 4 nitrogen and oxygen atoms in total. The average molecular weight is 151 g/mol. The van der Waals surface area contributed by atoms with Gasteiger partial charge in [-0.2, -0.15) is 4.98 Å². The third-order valence-corrected chi connectivity index (χ3v) is 1.36. The van der Waals surface area contributed by atoms with Crippen LogP contribution in [0.25, 0.3) is 0 Å². The van der Waals surface area contributed by atoms with E-state index in [9.17, 15) is 4.79 Å². The van der Waals surface area contributed by atoms with Crippen molar-refractivity contribution in [1.29, 1.82) is 0 Å². The molecule has 1 rings (SSSR count). The Kier molecular flexibility index (Phi) is 2.30. The van der Waals surface area contributed by atoms with Crippen molar-refractivity contribution in [2.45, 2.75) is 13.3 Å². The molecule has 1 heterocycles. The number of anilines is 1. The molecule has 1 aromatic heterocycles. The molecule has 0 radical (unpaired) electrons. The maximum absolute atomic E-state index is 11.0. The molecule has 58 valence electrons. The van der Waals surface area contributed by atoms with Crippen LogP contribution in [0, 0.1) is 0 Å². The second-order valence-corrected chi connectivity index (χ2v) is 2.33. The van der Waals surface area contributed by atoms with Crippen LogP contribution in [0.15, 0.2) is 17.1 Å². The summed E-state index contributed by atoms with van der Waals surface area (Å²) in [6.45, 7) is 2.00. The summed E-state index contributed by atoms with van der Waals surface area (Å²) in [5.41, 5.74) is 5.03. The van der Waals surface area contributed by atoms with E-state index in [4.69, 9.17) is 5.73 Å². The zero-order valence-electron chi connectivity index (χ0n) is 6.45. The van der Waals surface area contributed by atoms with Crippen LogP contribution in [0.4, 0.5) is 5.82 Å². The van der Waals surface area contributed by atoms with Gasteiger partial charge >= 0.3 is 5.69 Å². The molecule has 2 N–H and O–H groups in total. The zero-order chi connectivity index (χ0) is 8.27. The summed E-state index contributed by atoms with van der Waals surface area (Å²) in [6.07, 6.45) is 2.36. The number of nitrogen functional groups attached to an aromatic ring is 1. The Balaban J connectivity index is 3.00. The Morgan fingerprint density at radius 2 is 2.55 bits per heavy atom. The first kappa shape index (κ1) is 7.85. The van der Waals surface area contributed by atoms with Gasteiger partial charge in [0.1, 0.15) is 13.1 Å². The van der Waals surface area contributed by atoms with Crippen LogP contribution in [0.3, 0.4) is 0 Å². The number of nitrogens with two attached hydrogens (primary N) is 1. The van der Waals surface area contributed by atoms with Crippen molar-refractivity contribution in [2.24, 2.45) is 0 Å². The second-order valence-electron chi connectivity index (χ2n) is 2.33. The third-order valence-electron chi connectivity index (χ3n) is 1.36. The fourth-order valence-corrected chi connectivity index (χ4v) is 0.853. The number of hydrogen-bond donors (Lipinski definition) is 1. The molecule has 5 heteroatoms. The molecule has 1 aromatic rings. The molecule has 0 spiro atoms. The maximum atomic E-state index is 11.0. The van der Waals surface area contributed by atoms with E-state index in [2.05, 4.69) is 4.98 Å². The number of hydrogen-bond acceptors (Lipinski definition) is 3. The molecule has 0 aliphatic rings. The van der Waals surface area contributed by atoms with E-state index in [0.29, 0.717) is 6.44 Å². The van der Waals surface area contributed by atoms with Crippen molar-refractivity contribution in [1.82, 2.24) is 9.55 Å². The molecule has 0 amide bonds. The monoisotopic (exact) mass is 151 g/mol. The fourth-order valence-electron chi connectivity index (χ4n) is 0.853. The zero-order valence-corrected chi connectivity index (χ0v) is 6.45. The van der Waals surface area contributed by atoms with Crippen LogP contribution in [0.5, 0.6) is 0 Å². The predicted molar refractivity (Wildman–Crippen MR) is 45.9 cm³/mol. The van der Waals surface area contributed by atoms with Gasteiger partial charge in [-0.05, 0) is 12.5 Å². The van der Waals surface area contributed by atoms with Crippen molar-refractivity contribution >= 4 is 13.1 Å². The highest BCUT2D eigenvalue weighted by Gasteiger charge is 1.94. The topological polar surface area (TPSA) is 60.9 Å². The lowest BCUT2D eigenvalue weighted by Gasteiger charge is -2.00. The normalized spacial score (nSPS) is 9.55. The number of aromatic nitrogens is 2. The number of rotatable bonds is 2. The van der Waals surface area contributed by atoms with Crippen LogP contribution >= 0.6 is 0 Å². The standard InChI is InChI=1S/C6H10BN3O/c1-7-4-10-3-2-5(8)9-6(10)11/h2-3,7H,4H2,1H3,(H2,8,9,11). The van der Waals surface area contributed by atoms with Crippen molar-refractivity contribution in [2.75, 3.05) is 5.73 Å². The highest BCUT2D eigenvalue weighted by Crippen LogP contribution is 1.88. The molecule has 11 heavy (non-hydrogen) atoms. The molecule has 0 saturated heterocycles. The second kappa shape index (κ2) is 3.23. The minimum Gasteiger partial charge on any atom is -0.383 e. The van der Waals surface area contributed by atoms with Crippen molar-refractivity contribution in [3.05, 3.63) is 22.7 Å². The smallest absolute Gasteiger partial charge is 0.348 e. The van der Waals surface area contributed by atoms with Gasteiger partial charge in [-0.1, -0.05) is 6.82 Å². The van der Waals surface area contributed by atoms with Crippen molar-refractivity contribution in [3.8, 4) is 0 Å². The third kappa shape index (κ3) is 1.83. The number of nitrogens with zero attached hydrogens (tertiary/aromatic N) is 2. The van der Waals surface area contributed by atoms with E-state index < -0.39 is 0 Å². The van der Waals surface area contributed by atoms with Crippen LogP contribution in [0.1, 0.15) is 0 Å². The SMILES string of the molecule is CBCn1ccc(N)nc1=O. The van der Waals surface area contributed by atoms with Crippen molar-refractivity contribution < 1.29 is 0 Å². The first-order valence-corrected chi connectivity index (χ1v) is 3.57. The van der Waals surface area contributed by atoms with Gasteiger partial charge in [0.25, 0.3) is 0 Å². The summed E-state index contributed by atoms with van der Waals surface area (Å²) >= 11 is 0. The van der Waals surface area contributed by atoms with E-state index in [0.717, 1.165) is 7.28 Å². The molecule has 0 saturated carbocycles. The van der Waals surface area contributed by atoms with Gasteiger partial charge in [-0.3, -0.25) is 0 Å². The largest absolute Gasteiger partial charge is 0.383 e. The lowest BCUT2D eigenvalue weighted by molar-refractivity contribution is 0.784. The minimum absolute atomic E-state index is 0.271. The van der Waals surface area contributed by atoms with Gasteiger partial charge in [-0.15, -0.1) is 0 Å². The molecular formula is C6H10BN3O. The average Bonchev–Trinajstić information content (AvgIpc) is 1.95. The van der Waals surface area contributed by atoms with E-state index in [1.165, 1.54) is 4.57 Å². The van der Waals surface area contributed by atoms with Gasteiger partial charge in [0.15, 0.2) is 0 Å². The Hall–Kier alpha value is -1.26. The maximum Gasteiger partial charge on any atom is 0.348 e. The molecule has 0 fully saturated rings. The van der Waals surface area contributed by atoms with E-state index >= 15 is 0 Å². The van der Waals surface area contributed by atoms with Crippen molar-refractivity contribution in [3.63, 3.8) is 0 Å². The lowest BCUT2D eigenvalue weighted by atomic mass is 9.83. The van der Waals surface area contributed by atoms with E-state index in [1.807, 2.05) is 6.82 Å². The molecular weight excluding hydrogens is 141 g/mol. The highest BCUT2D eigenvalue weighted by molar-refractivity contribution is 6.31. The van der Waals surface area contributed by atoms with E-state index in [1.54, 1.807) is 12.3 Å². The molecule has 0 aliphatic carbocycles. The molecule has 0 unspecified atom stereocenters. The first-order chi connectivity index (χ1) is 5.24. The Bertz CT molecular complexity index is 296. The van der Waals surface area contributed by atoms with Gasteiger partial charge in [0.2, 0.25) is 0 Å². The van der Waals surface area contributed by atoms with Crippen LogP contribution in [0.2, 0.25) is 6.82 Å². The summed E-state index contributed by atoms with van der Waals surface area (Å²) in [6, 6.07) is 1.62. The van der Waals surface area contributed by atoms with Gasteiger partial charge in [0, 0.05) is 6.20 Å². The Morgan fingerprint density at radius 3 is 3.09 bits per heavy atom. The molecule has 0 aliphatic heterocycles. The van der Waals surface area contributed by atoms with Gasteiger partial charge < -0.3 is 10.3 Å². The first-order valence-electron chi connectivity index (χ1n) is 3.57. The summed E-state index contributed by atoms with van der Waals surface area (Å²) in [7, 11) is 0.922. The summed E-state index contributed by atoms with van der Waals surface area (Å²) in [4.78, 5) is 14.6. The Morgan fingerprint density at radius 1 is 1.82 bits per heavy atom. The highest BCUT2D eigenvalue weighted by atomic mass is 16.1. The molecule has 0 atom stereocenters. The fraction of sp³-hybridized carbons (Fsp3) is 0.333. The quantitative estimate of drug-likeness (QED) is 0.566. The van der Waals surface area contributed by atoms with Crippen LogP contribution in [-0.4, -0.2) is 16.8 Å². The van der Waals surface area contributed by atoms with Gasteiger partial charge in [0.05, 0.1) is 0 Å². The lowest BCUT2D eigenvalue weighted by Crippen LogP contribution is -2.24.